The van der Waals surface area contributed by atoms with E-state index in [1.54, 1.807) is 6.07 Å². The number of hydrogen-bond donors (Lipinski definition) is 1. The lowest BCUT2D eigenvalue weighted by molar-refractivity contribution is -0.384. The maximum Gasteiger partial charge on any atom is 0.340 e. The molecule has 9 heteroatoms. The van der Waals surface area contributed by atoms with Crippen molar-refractivity contribution in [1.82, 2.24) is 4.57 Å². The van der Waals surface area contributed by atoms with Crippen LogP contribution in [-0.4, -0.2) is 28.0 Å². The number of rotatable bonds is 6. The molecule has 1 aromatic carbocycles. The Hall–Kier alpha value is -2.87. The van der Waals surface area contributed by atoms with E-state index >= 15 is 0 Å². The minimum atomic E-state index is -0.599. The number of halogens is 1. The number of aryl methyl sites for hydroxylation is 1. The second-order valence-electron chi connectivity index (χ2n) is 5.57. The van der Waals surface area contributed by atoms with Crippen LogP contribution >= 0.6 is 11.6 Å². The van der Waals surface area contributed by atoms with Gasteiger partial charge in [0.05, 0.1) is 21.2 Å². The molecule has 0 aliphatic carbocycles. The normalized spacial score (nSPS) is 10.5. The zero-order chi connectivity index (χ0) is 19.4. The van der Waals surface area contributed by atoms with E-state index in [4.69, 9.17) is 16.3 Å². The Kier molecular flexibility index (Phi) is 5.99. The predicted molar refractivity (Wildman–Crippen MR) is 96.6 cm³/mol. The third kappa shape index (κ3) is 4.20. The van der Waals surface area contributed by atoms with Gasteiger partial charge >= 0.3 is 5.97 Å². The third-order valence-electron chi connectivity index (χ3n) is 3.88. The fourth-order valence-electron chi connectivity index (χ4n) is 2.61. The van der Waals surface area contributed by atoms with Crippen molar-refractivity contribution in [3.8, 4) is 0 Å². The number of aromatic nitrogens is 1. The van der Waals surface area contributed by atoms with Crippen LogP contribution in [0.4, 0.5) is 11.4 Å². The number of carbonyl (C=O) groups is 2. The van der Waals surface area contributed by atoms with E-state index in [1.165, 1.54) is 12.1 Å². The van der Waals surface area contributed by atoms with Gasteiger partial charge in [0, 0.05) is 30.1 Å². The van der Waals surface area contributed by atoms with E-state index in [9.17, 15) is 19.7 Å². The molecule has 8 nitrogen and oxygen atoms in total. The number of benzene rings is 1. The Morgan fingerprint density at radius 2 is 2.00 bits per heavy atom. The van der Waals surface area contributed by atoms with Gasteiger partial charge in [-0.3, -0.25) is 14.9 Å². The van der Waals surface area contributed by atoms with Gasteiger partial charge in [0.1, 0.15) is 0 Å². The van der Waals surface area contributed by atoms with E-state index < -0.39 is 23.4 Å². The quantitative estimate of drug-likeness (QED) is 0.470. The summed E-state index contributed by atoms with van der Waals surface area (Å²) in [6.07, 6.45) is 0. The minimum absolute atomic E-state index is 0.0189. The maximum absolute atomic E-state index is 12.2. The first-order chi connectivity index (χ1) is 12.2. The first kappa shape index (κ1) is 19.5. The monoisotopic (exact) mass is 379 g/mol. The molecular formula is C17H18ClN3O5. The fourth-order valence-corrected chi connectivity index (χ4v) is 2.83. The van der Waals surface area contributed by atoms with E-state index in [0.717, 1.165) is 24.0 Å². The van der Waals surface area contributed by atoms with Gasteiger partial charge in [-0.15, -0.1) is 0 Å². The summed E-state index contributed by atoms with van der Waals surface area (Å²) >= 11 is 5.90. The van der Waals surface area contributed by atoms with Crippen molar-refractivity contribution in [2.45, 2.75) is 27.3 Å². The number of esters is 1. The Morgan fingerprint density at radius 1 is 1.31 bits per heavy atom. The van der Waals surface area contributed by atoms with Gasteiger partial charge in [-0.1, -0.05) is 11.6 Å². The second-order valence-corrected chi connectivity index (χ2v) is 5.98. The highest BCUT2D eigenvalue weighted by Crippen LogP contribution is 2.26. The van der Waals surface area contributed by atoms with Crippen LogP contribution in [0.15, 0.2) is 24.3 Å². The Balaban J connectivity index is 1.99. The summed E-state index contributed by atoms with van der Waals surface area (Å²) in [4.78, 5) is 34.2. The van der Waals surface area contributed by atoms with Crippen LogP contribution in [0.1, 0.15) is 28.7 Å². The van der Waals surface area contributed by atoms with Crippen molar-refractivity contribution in [3.05, 3.63) is 56.4 Å². The molecule has 0 spiro atoms. The van der Waals surface area contributed by atoms with Crippen LogP contribution in [0, 0.1) is 24.0 Å². The second kappa shape index (κ2) is 8.01. The number of hydrogen-bond acceptors (Lipinski definition) is 5. The van der Waals surface area contributed by atoms with Crippen molar-refractivity contribution in [2.24, 2.45) is 0 Å². The number of carbonyl (C=O) groups excluding carboxylic acids is 2. The molecule has 2 rings (SSSR count). The molecule has 0 fully saturated rings. The van der Waals surface area contributed by atoms with E-state index in [1.807, 2.05) is 25.3 Å². The Labute approximate surface area is 154 Å². The number of non-ortho nitro benzene ring substituents is 1. The molecule has 1 aromatic heterocycles. The number of nitro benzene ring substituents is 1. The molecule has 0 saturated carbocycles. The number of ether oxygens (including phenoxy) is 1. The predicted octanol–water partition coefficient (Wildman–Crippen LogP) is 3.48. The minimum Gasteiger partial charge on any atom is -0.452 e. The first-order valence-electron chi connectivity index (χ1n) is 7.82. The highest BCUT2D eigenvalue weighted by Gasteiger charge is 2.18. The molecule has 0 radical (unpaired) electrons. The van der Waals surface area contributed by atoms with Crippen LogP contribution in [0.25, 0.3) is 0 Å². The molecule has 138 valence electrons. The van der Waals surface area contributed by atoms with E-state index in [-0.39, 0.29) is 16.4 Å². The Morgan fingerprint density at radius 3 is 2.54 bits per heavy atom. The highest BCUT2D eigenvalue weighted by molar-refractivity contribution is 6.34. The maximum atomic E-state index is 12.2. The van der Waals surface area contributed by atoms with Crippen LogP contribution in [0.2, 0.25) is 5.02 Å². The number of nitrogens with zero attached hydrogens (tertiary/aromatic N) is 2. The van der Waals surface area contributed by atoms with Crippen molar-refractivity contribution in [1.29, 1.82) is 0 Å². The summed E-state index contributed by atoms with van der Waals surface area (Å²) in [6.45, 7) is 5.89. The third-order valence-corrected chi connectivity index (χ3v) is 4.19. The number of amides is 1. The first-order valence-corrected chi connectivity index (χ1v) is 8.20. The lowest BCUT2D eigenvalue weighted by Gasteiger charge is -2.08. The molecule has 1 heterocycles. The van der Waals surface area contributed by atoms with Crippen LogP contribution in [0.5, 0.6) is 0 Å². The van der Waals surface area contributed by atoms with Gasteiger partial charge in [-0.2, -0.15) is 0 Å². The van der Waals surface area contributed by atoms with E-state index in [0.29, 0.717) is 5.56 Å². The molecule has 2 aromatic rings. The zero-order valence-electron chi connectivity index (χ0n) is 14.5. The van der Waals surface area contributed by atoms with Gasteiger partial charge in [-0.25, -0.2) is 4.79 Å². The van der Waals surface area contributed by atoms with Crippen LogP contribution in [0.3, 0.4) is 0 Å². The molecule has 1 amide bonds. The molecule has 26 heavy (non-hydrogen) atoms. The zero-order valence-corrected chi connectivity index (χ0v) is 15.3. The van der Waals surface area contributed by atoms with Gasteiger partial charge in [0.2, 0.25) is 0 Å². The molecule has 0 aliphatic heterocycles. The summed E-state index contributed by atoms with van der Waals surface area (Å²) in [5.74, 6) is -1.19. The van der Waals surface area contributed by atoms with Crippen molar-refractivity contribution >= 4 is 34.9 Å². The summed E-state index contributed by atoms with van der Waals surface area (Å²) in [6, 6.07) is 5.37. The van der Waals surface area contributed by atoms with Crippen LogP contribution in [-0.2, 0) is 16.1 Å². The van der Waals surface area contributed by atoms with Gasteiger partial charge in [0.15, 0.2) is 6.61 Å². The molecule has 0 saturated heterocycles. The van der Waals surface area contributed by atoms with Gasteiger partial charge in [-0.05, 0) is 32.9 Å². The standard InChI is InChI=1S/C17H18ClN3O5/c1-4-20-10(2)7-13(11(20)3)17(23)26-9-16(22)19-15-6-5-12(21(24)25)8-14(15)18/h5-8H,4,9H2,1-3H3,(H,19,22). The lowest BCUT2D eigenvalue weighted by atomic mass is 10.2. The molecular weight excluding hydrogens is 362 g/mol. The summed E-state index contributed by atoms with van der Waals surface area (Å²) < 4.78 is 7.01. The fraction of sp³-hybridized carbons (Fsp3) is 0.294. The van der Waals surface area contributed by atoms with Crippen LogP contribution < -0.4 is 5.32 Å². The summed E-state index contributed by atoms with van der Waals surface area (Å²) in [7, 11) is 0. The largest absolute Gasteiger partial charge is 0.452 e. The number of nitrogens with one attached hydrogen (secondary N) is 1. The van der Waals surface area contributed by atoms with Crippen molar-refractivity contribution in [3.63, 3.8) is 0 Å². The lowest BCUT2D eigenvalue weighted by Crippen LogP contribution is -2.21. The summed E-state index contributed by atoms with van der Waals surface area (Å²) in [5.41, 5.74) is 2.12. The van der Waals surface area contributed by atoms with Crippen molar-refractivity contribution < 1.29 is 19.2 Å². The summed E-state index contributed by atoms with van der Waals surface area (Å²) in [5, 5.41) is 13.1. The van der Waals surface area contributed by atoms with Gasteiger partial charge < -0.3 is 14.6 Å². The smallest absolute Gasteiger partial charge is 0.340 e. The average Bonchev–Trinajstić information content (AvgIpc) is 2.88. The van der Waals surface area contributed by atoms with Gasteiger partial charge in [0.25, 0.3) is 11.6 Å². The average molecular weight is 380 g/mol. The van der Waals surface area contributed by atoms with E-state index in [2.05, 4.69) is 5.32 Å². The highest BCUT2D eigenvalue weighted by atomic mass is 35.5. The SMILES string of the molecule is CCn1c(C)cc(C(=O)OCC(=O)Nc2ccc([N+](=O)[O-])cc2Cl)c1C. The van der Waals surface area contributed by atoms with Crippen molar-refractivity contribution in [2.75, 3.05) is 11.9 Å². The molecule has 0 atom stereocenters. The number of nitro groups is 1. The number of anilines is 1. The molecule has 0 aliphatic rings. The molecule has 1 N–H and O–H groups in total. The topological polar surface area (TPSA) is 103 Å². The molecule has 0 unspecified atom stereocenters. The Bertz CT molecular complexity index is 876. The molecule has 0 bridgehead atoms.